The van der Waals surface area contributed by atoms with Crippen LogP contribution < -0.4 is 5.32 Å². The Kier molecular flexibility index (Phi) is 5.34. The summed E-state index contributed by atoms with van der Waals surface area (Å²) in [7, 11) is 0. The van der Waals surface area contributed by atoms with Gasteiger partial charge in [-0.1, -0.05) is 30.3 Å². The van der Waals surface area contributed by atoms with Gasteiger partial charge in [0.25, 0.3) is 5.91 Å². The van der Waals surface area contributed by atoms with Gasteiger partial charge >= 0.3 is 5.97 Å². The van der Waals surface area contributed by atoms with E-state index < -0.39 is 5.97 Å². The lowest BCUT2D eigenvalue weighted by Gasteiger charge is -2.06. The van der Waals surface area contributed by atoms with E-state index in [-0.39, 0.29) is 16.5 Å². The van der Waals surface area contributed by atoms with E-state index in [4.69, 9.17) is 5.26 Å². The van der Waals surface area contributed by atoms with Crippen LogP contribution in [0.15, 0.2) is 54.6 Å². The second kappa shape index (κ2) is 7.85. The molecule has 0 atom stereocenters. The molecule has 0 saturated heterocycles. The fourth-order valence-corrected chi connectivity index (χ4v) is 3.74. The van der Waals surface area contributed by atoms with Crippen LogP contribution in [0.5, 0.6) is 0 Å². The van der Waals surface area contributed by atoms with E-state index in [1.807, 2.05) is 25.1 Å². The topological polar surface area (TPSA) is 90.2 Å². The molecule has 1 heterocycles. The molecule has 0 spiro atoms. The van der Waals surface area contributed by atoms with E-state index in [1.54, 1.807) is 36.4 Å². The Balaban J connectivity index is 1.87. The number of aryl methyl sites for hydroxylation is 1. The fraction of sp³-hybridized carbons (Fsp3) is 0.0952. The summed E-state index contributed by atoms with van der Waals surface area (Å²) in [5.41, 5.74) is 3.06. The number of benzene rings is 2. The zero-order valence-corrected chi connectivity index (χ0v) is 15.3. The third-order valence-corrected chi connectivity index (χ3v) is 5.17. The molecule has 0 radical (unpaired) electrons. The standard InChI is InChI=1S/C21H16N2O3S/c1-13-5-2-3-8-17(13)20(24)23-18-11-16(27-19(18)21(25)26)10-14-6-4-7-15(9-14)12-22/h2-9,11H,10H2,1H3,(H,23,24)(H,25,26). The number of amides is 1. The van der Waals surface area contributed by atoms with Crippen LogP contribution in [0.2, 0.25) is 0 Å². The maximum Gasteiger partial charge on any atom is 0.348 e. The maximum atomic E-state index is 12.5. The average molecular weight is 376 g/mol. The summed E-state index contributed by atoms with van der Waals surface area (Å²) >= 11 is 1.12. The molecule has 0 aliphatic rings. The van der Waals surface area contributed by atoms with Crippen LogP contribution in [0.4, 0.5) is 5.69 Å². The number of nitrogens with zero attached hydrogens (tertiary/aromatic N) is 1. The molecule has 0 bridgehead atoms. The normalized spacial score (nSPS) is 10.2. The monoisotopic (exact) mass is 376 g/mol. The summed E-state index contributed by atoms with van der Waals surface area (Å²) in [6.45, 7) is 1.83. The first-order valence-corrected chi connectivity index (χ1v) is 9.01. The van der Waals surface area contributed by atoms with Gasteiger partial charge in [-0.2, -0.15) is 5.26 Å². The first-order valence-electron chi connectivity index (χ1n) is 8.20. The van der Waals surface area contributed by atoms with Crippen LogP contribution in [-0.2, 0) is 6.42 Å². The van der Waals surface area contributed by atoms with Crippen LogP contribution in [0.25, 0.3) is 0 Å². The Morgan fingerprint density at radius 1 is 1.15 bits per heavy atom. The minimum Gasteiger partial charge on any atom is -0.477 e. The molecule has 27 heavy (non-hydrogen) atoms. The van der Waals surface area contributed by atoms with E-state index in [0.29, 0.717) is 17.5 Å². The number of nitrogens with one attached hydrogen (secondary N) is 1. The Bertz CT molecular complexity index is 1060. The van der Waals surface area contributed by atoms with Crippen LogP contribution in [-0.4, -0.2) is 17.0 Å². The van der Waals surface area contributed by atoms with E-state index >= 15 is 0 Å². The number of carbonyl (C=O) groups is 2. The van der Waals surface area contributed by atoms with Gasteiger partial charge in [0.05, 0.1) is 17.3 Å². The van der Waals surface area contributed by atoms with Crippen molar-refractivity contribution in [1.82, 2.24) is 0 Å². The highest BCUT2D eigenvalue weighted by Crippen LogP contribution is 2.30. The molecule has 0 unspecified atom stereocenters. The van der Waals surface area contributed by atoms with Gasteiger partial charge in [-0.05, 0) is 42.3 Å². The average Bonchev–Trinajstić information content (AvgIpc) is 3.04. The van der Waals surface area contributed by atoms with Gasteiger partial charge in [-0.3, -0.25) is 4.79 Å². The maximum absolute atomic E-state index is 12.5. The molecular weight excluding hydrogens is 360 g/mol. The number of carbonyl (C=O) groups excluding carboxylic acids is 1. The van der Waals surface area contributed by atoms with Crippen molar-refractivity contribution in [3.8, 4) is 6.07 Å². The van der Waals surface area contributed by atoms with Crippen LogP contribution in [0.1, 0.15) is 41.6 Å². The summed E-state index contributed by atoms with van der Waals surface area (Å²) in [4.78, 5) is 25.0. The van der Waals surface area contributed by atoms with E-state index in [2.05, 4.69) is 11.4 Å². The molecule has 0 saturated carbocycles. The lowest BCUT2D eigenvalue weighted by Crippen LogP contribution is -2.14. The number of aromatic carboxylic acids is 1. The number of nitriles is 1. The van der Waals surface area contributed by atoms with Crippen LogP contribution in [0.3, 0.4) is 0 Å². The van der Waals surface area contributed by atoms with Gasteiger partial charge in [0.15, 0.2) is 0 Å². The third-order valence-electron chi connectivity index (χ3n) is 4.05. The Morgan fingerprint density at radius 2 is 1.93 bits per heavy atom. The number of hydrogen-bond donors (Lipinski definition) is 2. The molecule has 2 aromatic carbocycles. The highest BCUT2D eigenvalue weighted by molar-refractivity contribution is 7.14. The number of rotatable bonds is 5. The van der Waals surface area contributed by atoms with Crippen molar-refractivity contribution in [3.05, 3.63) is 86.6 Å². The van der Waals surface area contributed by atoms with Crippen molar-refractivity contribution in [2.75, 3.05) is 5.32 Å². The molecule has 0 aliphatic heterocycles. The first kappa shape index (κ1) is 18.4. The number of carboxylic acids is 1. The van der Waals surface area contributed by atoms with Crippen molar-refractivity contribution in [1.29, 1.82) is 5.26 Å². The predicted octanol–water partition coefficient (Wildman–Crippen LogP) is 4.47. The van der Waals surface area contributed by atoms with Crippen LogP contribution >= 0.6 is 11.3 Å². The fourth-order valence-electron chi connectivity index (χ4n) is 2.75. The van der Waals surface area contributed by atoms with Gasteiger partial charge < -0.3 is 10.4 Å². The summed E-state index contributed by atoms with van der Waals surface area (Å²) in [5, 5.41) is 21.2. The van der Waals surface area contributed by atoms with Crippen molar-refractivity contribution < 1.29 is 14.7 Å². The molecule has 0 fully saturated rings. The first-order chi connectivity index (χ1) is 13.0. The largest absolute Gasteiger partial charge is 0.477 e. The SMILES string of the molecule is Cc1ccccc1C(=O)Nc1cc(Cc2cccc(C#N)c2)sc1C(=O)O. The Hall–Kier alpha value is -3.43. The highest BCUT2D eigenvalue weighted by atomic mass is 32.1. The number of carboxylic acid groups (broad SMARTS) is 1. The minimum atomic E-state index is -1.09. The summed E-state index contributed by atoms with van der Waals surface area (Å²) in [6, 6.07) is 18.1. The molecule has 3 rings (SSSR count). The van der Waals surface area contributed by atoms with Crippen molar-refractivity contribution in [2.24, 2.45) is 0 Å². The van der Waals surface area contributed by atoms with Crippen molar-refractivity contribution >= 4 is 28.9 Å². The summed E-state index contributed by atoms with van der Waals surface area (Å²) in [5.74, 6) is -1.43. The quantitative estimate of drug-likeness (QED) is 0.687. The number of thiophene rings is 1. The van der Waals surface area contributed by atoms with Crippen molar-refractivity contribution in [3.63, 3.8) is 0 Å². The van der Waals surface area contributed by atoms with E-state index in [9.17, 15) is 14.7 Å². The molecule has 3 aromatic rings. The van der Waals surface area contributed by atoms with Crippen molar-refractivity contribution in [2.45, 2.75) is 13.3 Å². The second-order valence-corrected chi connectivity index (χ2v) is 7.16. The molecule has 5 nitrogen and oxygen atoms in total. The van der Waals surface area contributed by atoms with Gasteiger partial charge in [0.2, 0.25) is 0 Å². The summed E-state index contributed by atoms with van der Waals surface area (Å²) in [6.07, 6.45) is 0.487. The second-order valence-electron chi connectivity index (χ2n) is 6.02. The van der Waals surface area contributed by atoms with Gasteiger partial charge in [0.1, 0.15) is 4.88 Å². The highest BCUT2D eigenvalue weighted by Gasteiger charge is 2.19. The number of hydrogen-bond acceptors (Lipinski definition) is 4. The Morgan fingerprint density at radius 3 is 2.63 bits per heavy atom. The molecule has 2 N–H and O–H groups in total. The zero-order chi connectivity index (χ0) is 19.4. The molecule has 6 heteroatoms. The molecule has 1 amide bonds. The number of anilines is 1. The molecule has 1 aromatic heterocycles. The molecular formula is C21H16N2O3S. The minimum absolute atomic E-state index is 0.0865. The third kappa shape index (κ3) is 4.22. The van der Waals surface area contributed by atoms with E-state index in [1.165, 1.54) is 0 Å². The smallest absolute Gasteiger partial charge is 0.348 e. The lowest BCUT2D eigenvalue weighted by atomic mass is 10.1. The van der Waals surface area contributed by atoms with Gasteiger partial charge in [-0.25, -0.2) is 4.79 Å². The van der Waals surface area contributed by atoms with Gasteiger partial charge in [0, 0.05) is 16.9 Å². The Labute approximate surface area is 160 Å². The molecule has 0 aliphatic carbocycles. The lowest BCUT2D eigenvalue weighted by molar-refractivity contribution is 0.0703. The van der Waals surface area contributed by atoms with Gasteiger partial charge in [-0.15, -0.1) is 11.3 Å². The predicted molar refractivity (Wildman–Crippen MR) is 104 cm³/mol. The zero-order valence-electron chi connectivity index (χ0n) is 14.5. The molecule has 134 valence electrons. The van der Waals surface area contributed by atoms with Crippen LogP contribution in [0, 0.1) is 18.3 Å². The summed E-state index contributed by atoms with van der Waals surface area (Å²) < 4.78 is 0. The van der Waals surface area contributed by atoms with E-state index in [0.717, 1.165) is 27.3 Å².